The Bertz CT molecular complexity index is 338. The SMILES string of the molecule is CC(O)CCCCNC(=O)OCc1ccccc1. The largest absolute Gasteiger partial charge is 0.445 e. The van der Waals surface area contributed by atoms with E-state index in [1.165, 1.54) is 0 Å². The molecule has 0 heterocycles. The Kier molecular flexibility index (Phi) is 6.87. The fourth-order valence-electron chi connectivity index (χ4n) is 1.53. The highest BCUT2D eigenvalue weighted by Gasteiger charge is 2.02. The van der Waals surface area contributed by atoms with Crippen LogP contribution in [0.25, 0.3) is 0 Å². The minimum atomic E-state index is -0.393. The first-order chi connectivity index (χ1) is 8.68. The lowest BCUT2D eigenvalue weighted by molar-refractivity contribution is 0.139. The summed E-state index contributed by atoms with van der Waals surface area (Å²) in [5.41, 5.74) is 0.974. The van der Waals surface area contributed by atoms with Crippen molar-refractivity contribution in [1.29, 1.82) is 0 Å². The van der Waals surface area contributed by atoms with Crippen LogP contribution in [-0.4, -0.2) is 23.8 Å². The van der Waals surface area contributed by atoms with Gasteiger partial charge in [0.25, 0.3) is 0 Å². The fraction of sp³-hybridized carbons (Fsp3) is 0.500. The minimum Gasteiger partial charge on any atom is -0.445 e. The lowest BCUT2D eigenvalue weighted by atomic mass is 10.2. The number of hydrogen-bond donors (Lipinski definition) is 2. The molecule has 18 heavy (non-hydrogen) atoms. The van der Waals surface area contributed by atoms with E-state index >= 15 is 0 Å². The van der Waals surface area contributed by atoms with Gasteiger partial charge in [-0.1, -0.05) is 30.3 Å². The summed E-state index contributed by atoms with van der Waals surface area (Å²) < 4.78 is 5.06. The zero-order valence-corrected chi connectivity index (χ0v) is 10.8. The molecule has 1 aromatic rings. The van der Waals surface area contributed by atoms with Gasteiger partial charge in [0.05, 0.1) is 6.10 Å². The molecule has 0 fully saturated rings. The van der Waals surface area contributed by atoms with Gasteiger partial charge in [0.15, 0.2) is 0 Å². The average Bonchev–Trinajstić information content (AvgIpc) is 2.37. The molecule has 0 saturated carbocycles. The summed E-state index contributed by atoms with van der Waals surface area (Å²) in [6, 6.07) is 9.57. The number of aliphatic hydroxyl groups excluding tert-OH is 1. The second-order valence-electron chi connectivity index (χ2n) is 4.33. The number of benzene rings is 1. The first kappa shape index (κ1) is 14.5. The maximum absolute atomic E-state index is 11.3. The van der Waals surface area contributed by atoms with Gasteiger partial charge >= 0.3 is 6.09 Å². The van der Waals surface area contributed by atoms with Gasteiger partial charge in [-0.15, -0.1) is 0 Å². The molecule has 0 saturated heterocycles. The standard InChI is InChI=1S/C14H21NO3/c1-12(16)7-5-6-10-15-14(17)18-11-13-8-3-2-4-9-13/h2-4,8-9,12,16H,5-7,10-11H2,1H3,(H,15,17). The van der Waals surface area contributed by atoms with Gasteiger partial charge in [-0.3, -0.25) is 0 Å². The smallest absolute Gasteiger partial charge is 0.407 e. The highest BCUT2D eigenvalue weighted by molar-refractivity contribution is 5.67. The lowest BCUT2D eigenvalue weighted by Gasteiger charge is -2.07. The number of nitrogens with one attached hydrogen (secondary N) is 1. The Morgan fingerprint density at radius 1 is 1.33 bits per heavy atom. The number of ether oxygens (including phenoxy) is 1. The van der Waals surface area contributed by atoms with Gasteiger partial charge in [0, 0.05) is 6.54 Å². The van der Waals surface area contributed by atoms with Crippen molar-refractivity contribution >= 4 is 6.09 Å². The number of aliphatic hydroxyl groups is 1. The van der Waals surface area contributed by atoms with Gasteiger partial charge < -0.3 is 15.2 Å². The number of alkyl carbamates (subject to hydrolysis) is 1. The van der Waals surface area contributed by atoms with E-state index in [4.69, 9.17) is 9.84 Å². The van der Waals surface area contributed by atoms with E-state index in [2.05, 4.69) is 5.32 Å². The Labute approximate surface area is 108 Å². The molecule has 0 bridgehead atoms. The van der Waals surface area contributed by atoms with Crippen molar-refractivity contribution in [2.24, 2.45) is 0 Å². The number of rotatable bonds is 7. The molecule has 0 radical (unpaired) electrons. The summed E-state index contributed by atoms with van der Waals surface area (Å²) in [6.07, 6.45) is 1.86. The molecule has 4 nitrogen and oxygen atoms in total. The molecule has 2 N–H and O–H groups in total. The van der Waals surface area contributed by atoms with E-state index in [-0.39, 0.29) is 6.10 Å². The second-order valence-corrected chi connectivity index (χ2v) is 4.33. The van der Waals surface area contributed by atoms with Crippen molar-refractivity contribution in [2.45, 2.75) is 38.9 Å². The van der Waals surface area contributed by atoms with Gasteiger partial charge in [-0.05, 0) is 31.7 Å². The molecule has 1 amide bonds. The summed E-state index contributed by atoms with van der Waals surface area (Å²) in [7, 11) is 0. The Morgan fingerprint density at radius 3 is 2.72 bits per heavy atom. The summed E-state index contributed by atoms with van der Waals surface area (Å²) in [4.78, 5) is 11.3. The van der Waals surface area contributed by atoms with Crippen LogP contribution < -0.4 is 5.32 Å². The molecule has 1 rings (SSSR count). The topological polar surface area (TPSA) is 58.6 Å². The number of unbranched alkanes of at least 4 members (excludes halogenated alkanes) is 1. The highest BCUT2D eigenvalue weighted by Crippen LogP contribution is 2.01. The zero-order valence-electron chi connectivity index (χ0n) is 10.8. The summed E-state index contributed by atoms with van der Waals surface area (Å²) in [5, 5.41) is 11.7. The number of amides is 1. The minimum absolute atomic E-state index is 0.268. The van der Waals surface area contributed by atoms with Crippen molar-refractivity contribution in [3.8, 4) is 0 Å². The van der Waals surface area contributed by atoms with E-state index in [1.54, 1.807) is 6.92 Å². The summed E-state index contributed by atoms with van der Waals surface area (Å²) >= 11 is 0. The van der Waals surface area contributed by atoms with Crippen LogP contribution in [0, 0.1) is 0 Å². The van der Waals surface area contributed by atoms with Gasteiger partial charge in [-0.2, -0.15) is 0 Å². The third-order valence-corrected chi connectivity index (χ3v) is 2.53. The van der Waals surface area contributed by atoms with Crippen LogP contribution >= 0.6 is 0 Å². The van der Waals surface area contributed by atoms with E-state index in [0.29, 0.717) is 13.2 Å². The first-order valence-corrected chi connectivity index (χ1v) is 6.31. The second kappa shape index (κ2) is 8.53. The van der Waals surface area contributed by atoms with Crippen molar-refractivity contribution in [1.82, 2.24) is 5.32 Å². The zero-order chi connectivity index (χ0) is 13.2. The van der Waals surface area contributed by atoms with Crippen molar-refractivity contribution < 1.29 is 14.6 Å². The van der Waals surface area contributed by atoms with Crippen LogP contribution in [0.4, 0.5) is 4.79 Å². The maximum Gasteiger partial charge on any atom is 0.407 e. The van der Waals surface area contributed by atoms with Gasteiger partial charge in [0.1, 0.15) is 6.61 Å². The van der Waals surface area contributed by atoms with Crippen molar-refractivity contribution in [3.05, 3.63) is 35.9 Å². The molecule has 1 atom stereocenters. The van der Waals surface area contributed by atoms with E-state index < -0.39 is 6.09 Å². The first-order valence-electron chi connectivity index (χ1n) is 6.31. The van der Waals surface area contributed by atoms with Crippen LogP contribution in [0.1, 0.15) is 31.7 Å². The normalized spacial score (nSPS) is 11.9. The van der Waals surface area contributed by atoms with Crippen LogP contribution in [-0.2, 0) is 11.3 Å². The third kappa shape index (κ3) is 6.91. The van der Waals surface area contributed by atoms with Gasteiger partial charge in [-0.25, -0.2) is 4.79 Å². The van der Waals surface area contributed by atoms with Gasteiger partial charge in [0.2, 0.25) is 0 Å². The highest BCUT2D eigenvalue weighted by atomic mass is 16.5. The molecule has 1 aromatic carbocycles. The Hall–Kier alpha value is -1.55. The predicted octanol–water partition coefficient (Wildman–Crippen LogP) is 2.46. The number of carbonyl (C=O) groups excluding carboxylic acids is 1. The van der Waals surface area contributed by atoms with Crippen LogP contribution in [0.2, 0.25) is 0 Å². The predicted molar refractivity (Wildman–Crippen MR) is 70.2 cm³/mol. The maximum atomic E-state index is 11.3. The molecule has 4 heteroatoms. The van der Waals surface area contributed by atoms with Crippen molar-refractivity contribution in [2.75, 3.05) is 6.54 Å². The average molecular weight is 251 g/mol. The molecule has 0 aliphatic rings. The Balaban J connectivity index is 2.04. The fourth-order valence-corrected chi connectivity index (χ4v) is 1.53. The molecule has 1 unspecified atom stereocenters. The van der Waals surface area contributed by atoms with E-state index in [9.17, 15) is 4.79 Å². The summed E-state index contributed by atoms with van der Waals surface area (Å²) in [6.45, 7) is 2.64. The van der Waals surface area contributed by atoms with E-state index in [0.717, 1.165) is 24.8 Å². The van der Waals surface area contributed by atoms with E-state index in [1.807, 2.05) is 30.3 Å². The molecular formula is C14H21NO3. The number of carbonyl (C=O) groups is 1. The third-order valence-electron chi connectivity index (χ3n) is 2.53. The summed E-state index contributed by atoms with van der Waals surface area (Å²) in [5.74, 6) is 0. The quantitative estimate of drug-likeness (QED) is 0.732. The Morgan fingerprint density at radius 2 is 2.06 bits per heavy atom. The van der Waals surface area contributed by atoms with Crippen LogP contribution in [0.5, 0.6) is 0 Å². The molecule has 0 aliphatic carbocycles. The molecule has 0 spiro atoms. The monoisotopic (exact) mass is 251 g/mol. The molecule has 0 aliphatic heterocycles. The lowest BCUT2D eigenvalue weighted by Crippen LogP contribution is -2.25. The van der Waals surface area contributed by atoms with Crippen LogP contribution in [0.3, 0.4) is 0 Å². The van der Waals surface area contributed by atoms with Crippen LogP contribution in [0.15, 0.2) is 30.3 Å². The molecule has 100 valence electrons. The molecular weight excluding hydrogens is 230 g/mol. The number of hydrogen-bond acceptors (Lipinski definition) is 3. The molecule has 0 aromatic heterocycles. The van der Waals surface area contributed by atoms with Crippen molar-refractivity contribution in [3.63, 3.8) is 0 Å².